The molecule has 0 saturated heterocycles. The maximum Gasteiger partial charge on any atom is 0.410 e. The van der Waals surface area contributed by atoms with Crippen LogP contribution in [0, 0.1) is 6.92 Å². The number of aryl methyl sites for hydroxylation is 1. The van der Waals surface area contributed by atoms with Gasteiger partial charge in [0.1, 0.15) is 5.60 Å². The van der Waals surface area contributed by atoms with Gasteiger partial charge in [0.2, 0.25) is 0 Å². The first-order valence-electron chi connectivity index (χ1n) is 9.02. The molecule has 1 atom stereocenters. The van der Waals surface area contributed by atoms with Gasteiger partial charge in [0.05, 0.1) is 0 Å². The number of aliphatic hydroxyl groups excluding tert-OH is 1. The van der Waals surface area contributed by atoms with Gasteiger partial charge >= 0.3 is 6.09 Å². The van der Waals surface area contributed by atoms with Crippen LogP contribution >= 0.6 is 9.24 Å². The molecule has 1 aromatic carbocycles. The maximum atomic E-state index is 11.7. The molecule has 5 nitrogen and oxygen atoms in total. The Morgan fingerprint density at radius 2 is 1.65 bits per heavy atom. The van der Waals surface area contributed by atoms with E-state index in [4.69, 9.17) is 15.6 Å². The molecule has 0 spiro atoms. The largest absolute Gasteiger partial charge is 0.444 e. The van der Waals surface area contributed by atoms with E-state index in [2.05, 4.69) is 28.3 Å². The van der Waals surface area contributed by atoms with Gasteiger partial charge in [-0.05, 0) is 47.1 Å². The highest BCUT2D eigenvalue weighted by atomic mass is 31.0. The molecule has 1 rings (SSSR count). The van der Waals surface area contributed by atoms with Crippen LogP contribution < -0.4 is 5.73 Å². The lowest BCUT2D eigenvalue weighted by Crippen LogP contribution is -2.38. The number of carbonyl (C=O) groups is 1. The average molecular weight is 389 g/mol. The molecule has 0 aliphatic carbocycles. The van der Waals surface area contributed by atoms with Crippen molar-refractivity contribution < 1.29 is 14.6 Å². The van der Waals surface area contributed by atoms with Gasteiger partial charge in [-0.15, -0.1) is 9.24 Å². The Bertz CT molecular complexity index is 409. The third-order valence-corrected chi connectivity index (χ3v) is 2.72. The Balaban J connectivity index is -0.000000397. The molecule has 154 valence electrons. The summed E-state index contributed by atoms with van der Waals surface area (Å²) in [5.41, 5.74) is 6.32. The Labute approximate surface area is 163 Å². The summed E-state index contributed by atoms with van der Waals surface area (Å²) in [6.07, 6.45) is 1.51. The number of nitrogens with zero attached hydrogens (tertiary/aromatic N) is 1. The highest BCUT2D eigenvalue weighted by Crippen LogP contribution is 2.10. The van der Waals surface area contributed by atoms with Crippen molar-refractivity contribution in [2.75, 3.05) is 33.4 Å². The third kappa shape index (κ3) is 20.9. The van der Waals surface area contributed by atoms with Crippen molar-refractivity contribution in [3.05, 3.63) is 35.9 Å². The van der Waals surface area contributed by atoms with Crippen molar-refractivity contribution in [1.82, 2.24) is 4.90 Å². The van der Waals surface area contributed by atoms with E-state index in [0.717, 1.165) is 26.5 Å². The maximum absolute atomic E-state index is 11.7. The highest BCUT2D eigenvalue weighted by Gasteiger charge is 2.20. The fourth-order valence-corrected chi connectivity index (χ4v) is 1.71. The van der Waals surface area contributed by atoms with Crippen molar-refractivity contribution in [3.63, 3.8) is 0 Å². The summed E-state index contributed by atoms with van der Waals surface area (Å²) in [6.45, 7) is 13.7. The fraction of sp³-hybridized carbons (Fsp3) is 0.650. The molecular formula is C20H41N2O3P. The lowest BCUT2D eigenvalue weighted by Gasteiger charge is -2.27. The molecule has 26 heavy (non-hydrogen) atoms. The summed E-state index contributed by atoms with van der Waals surface area (Å²) in [4.78, 5) is 13.4. The van der Waals surface area contributed by atoms with Crippen LogP contribution in [-0.4, -0.2) is 55.1 Å². The van der Waals surface area contributed by atoms with Gasteiger partial charge in [-0.3, -0.25) is 0 Å². The van der Waals surface area contributed by atoms with Crippen molar-refractivity contribution in [2.45, 2.75) is 53.1 Å². The smallest absolute Gasteiger partial charge is 0.410 e. The lowest BCUT2D eigenvalue weighted by molar-refractivity contribution is 0.0249. The number of benzene rings is 1. The Kier molecular flexibility index (Phi) is 22.9. The summed E-state index contributed by atoms with van der Waals surface area (Å²) in [5, 5.41) is 7.00. The van der Waals surface area contributed by atoms with Crippen molar-refractivity contribution in [2.24, 2.45) is 5.73 Å². The zero-order valence-corrected chi connectivity index (χ0v) is 18.9. The fourth-order valence-electron chi connectivity index (χ4n) is 1.71. The molecule has 0 bridgehead atoms. The number of aliphatic hydroxyl groups is 1. The van der Waals surface area contributed by atoms with Crippen molar-refractivity contribution in [1.29, 1.82) is 0 Å². The minimum Gasteiger partial charge on any atom is -0.444 e. The number of hydrogen-bond donors (Lipinski definition) is 2. The van der Waals surface area contributed by atoms with Crippen LogP contribution in [-0.2, 0) is 4.74 Å². The van der Waals surface area contributed by atoms with Crippen LogP contribution in [0.2, 0.25) is 0 Å². The minimum atomic E-state index is -0.425. The number of ether oxygens (including phenoxy) is 1. The molecule has 1 amide bonds. The van der Waals surface area contributed by atoms with E-state index >= 15 is 0 Å². The summed E-state index contributed by atoms with van der Waals surface area (Å²) < 4.78 is 5.30. The van der Waals surface area contributed by atoms with Gasteiger partial charge in [-0.2, -0.15) is 0 Å². The van der Waals surface area contributed by atoms with E-state index in [-0.39, 0.29) is 6.09 Å². The van der Waals surface area contributed by atoms with E-state index in [9.17, 15) is 4.79 Å². The van der Waals surface area contributed by atoms with Gasteiger partial charge < -0.3 is 20.5 Å². The lowest BCUT2D eigenvalue weighted by atomic mass is 10.2. The van der Waals surface area contributed by atoms with Gasteiger partial charge in [0.25, 0.3) is 0 Å². The number of nitrogens with two attached hydrogens (primary N) is 1. The standard InChI is InChI=1S/C11H24N2O2.C7H8.CH4O.CH5P/c1-5-8-13(9-6-7-12)10(14)15-11(2,3)4;1-7-5-3-2-4-6-7;2*1-2/h5-9,12H2,1-4H3;2-6H,1H3;2H,1H3;2H2,1H3. The molecule has 1 unspecified atom stereocenters. The van der Waals surface area contributed by atoms with Crippen LogP contribution in [0.3, 0.4) is 0 Å². The van der Waals surface area contributed by atoms with E-state index in [1.807, 2.05) is 52.6 Å². The summed E-state index contributed by atoms with van der Waals surface area (Å²) in [5.74, 6) is 0. The highest BCUT2D eigenvalue weighted by molar-refractivity contribution is 7.15. The van der Waals surface area contributed by atoms with Gasteiger partial charge in [-0.25, -0.2) is 4.79 Å². The number of amides is 1. The zero-order chi connectivity index (χ0) is 21.0. The van der Waals surface area contributed by atoms with E-state index in [1.165, 1.54) is 5.56 Å². The molecule has 0 radical (unpaired) electrons. The molecule has 0 heterocycles. The van der Waals surface area contributed by atoms with Crippen LogP contribution in [0.15, 0.2) is 30.3 Å². The second-order valence-electron chi connectivity index (χ2n) is 6.26. The van der Waals surface area contributed by atoms with Crippen molar-refractivity contribution >= 4 is 15.3 Å². The van der Waals surface area contributed by atoms with Crippen LogP contribution in [0.25, 0.3) is 0 Å². The van der Waals surface area contributed by atoms with E-state index in [0.29, 0.717) is 13.1 Å². The van der Waals surface area contributed by atoms with Crippen LogP contribution in [0.4, 0.5) is 4.79 Å². The van der Waals surface area contributed by atoms with E-state index in [1.54, 1.807) is 4.90 Å². The van der Waals surface area contributed by atoms with Gasteiger partial charge in [0.15, 0.2) is 0 Å². The topological polar surface area (TPSA) is 75.8 Å². The first kappa shape index (κ1) is 29.6. The van der Waals surface area contributed by atoms with Gasteiger partial charge in [-0.1, -0.05) is 49.5 Å². The normalized spacial score (nSPS) is 9.31. The second kappa shape index (κ2) is 20.2. The average Bonchev–Trinajstić information content (AvgIpc) is 2.62. The Morgan fingerprint density at radius 3 is 1.96 bits per heavy atom. The predicted molar refractivity (Wildman–Crippen MR) is 117 cm³/mol. The molecule has 6 heteroatoms. The Hall–Kier alpha value is -1.16. The molecule has 1 aromatic rings. The molecule has 0 saturated carbocycles. The first-order chi connectivity index (χ1) is 12.3. The SMILES string of the molecule is CCCN(CCCN)C(=O)OC(C)(C)C.CO.CP.Cc1ccccc1. The molecule has 0 aliphatic heterocycles. The van der Waals surface area contributed by atoms with E-state index < -0.39 is 5.60 Å². The number of rotatable bonds is 5. The summed E-state index contributed by atoms with van der Waals surface area (Å²) >= 11 is 0. The summed E-state index contributed by atoms with van der Waals surface area (Å²) in [6, 6.07) is 10.3. The van der Waals surface area contributed by atoms with Crippen LogP contribution in [0.5, 0.6) is 0 Å². The molecule has 0 aromatic heterocycles. The molecule has 0 aliphatic rings. The predicted octanol–water partition coefficient (Wildman–Crippen LogP) is 4.08. The van der Waals surface area contributed by atoms with Crippen LogP contribution in [0.1, 0.15) is 46.1 Å². The quantitative estimate of drug-likeness (QED) is 0.746. The zero-order valence-electron chi connectivity index (χ0n) is 17.8. The molecule has 0 fully saturated rings. The monoisotopic (exact) mass is 388 g/mol. The third-order valence-electron chi connectivity index (χ3n) is 2.72. The Morgan fingerprint density at radius 1 is 1.15 bits per heavy atom. The number of carbonyl (C=O) groups excluding carboxylic acids is 1. The second-order valence-corrected chi connectivity index (χ2v) is 6.26. The first-order valence-corrected chi connectivity index (χ1v) is 10.2. The van der Waals surface area contributed by atoms with Gasteiger partial charge in [0, 0.05) is 20.2 Å². The van der Waals surface area contributed by atoms with Crippen molar-refractivity contribution in [3.8, 4) is 0 Å². The molecular weight excluding hydrogens is 347 g/mol. The number of hydrogen-bond acceptors (Lipinski definition) is 4. The molecule has 3 N–H and O–H groups in total. The summed E-state index contributed by atoms with van der Waals surface area (Å²) in [7, 11) is 3.42. The minimum absolute atomic E-state index is 0.238.